The number of carbonyl (C=O) groups excluding carboxylic acids is 1. The van der Waals surface area contributed by atoms with Crippen LogP contribution >= 0.6 is 23.2 Å². The Morgan fingerprint density at radius 2 is 2.15 bits per heavy atom. The van der Waals surface area contributed by atoms with Crippen LogP contribution in [0.3, 0.4) is 0 Å². The molecule has 0 spiro atoms. The molecular weight excluding hydrogens is 398 g/mol. The predicted molar refractivity (Wildman–Crippen MR) is 98.8 cm³/mol. The molecule has 2 aromatic rings. The van der Waals surface area contributed by atoms with Crippen molar-refractivity contribution in [2.45, 2.75) is 12.7 Å². The van der Waals surface area contributed by atoms with Crippen molar-refractivity contribution in [3.8, 4) is 0 Å². The molecule has 6 nitrogen and oxygen atoms in total. The minimum Gasteiger partial charge on any atom is -0.374 e. The highest BCUT2D eigenvalue weighted by Gasteiger charge is 2.25. The van der Waals surface area contributed by atoms with E-state index in [9.17, 15) is 14.0 Å². The van der Waals surface area contributed by atoms with Gasteiger partial charge in [-0.25, -0.2) is 4.39 Å². The van der Waals surface area contributed by atoms with Crippen LogP contribution in [-0.4, -0.2) is 48.2 Å². The summed E-state index contributed by atoms with van der Waals surface area (Å²) < 4.78 is 24.3. The molecule has 9 heteroatoms. The number of aromatic amines is 1. The van der Waals surface area contributed by atoms with Crippen LogP contribution in [0.25, 0.3) is 0 Å². The van der Waals surface area contributed by atoms with E-state index in [2.05, 4.69) is 4.98 Å². The van der Waals surface area contributed by atoms with Crippen molar-refractivity contribution in [2.75, 3.05) is 26.3 Å². The second-order valence-electron chi connectivity index (χ2n) is 6.06. The van der Waals surface area contributed by atoms with Crippen LogP contribution in [0.4, 0.5) is 4.39 Å². The predicted octanol–water partition coefficient (Wildman–Crippen LogP) is 2.88. The maximum Gasteiger partial charge on any atom is 0.266 e. The highest BCUT2D eigenvalue weighted by molar-refractivity contribution is 6.31. The summed E-state index contributed by atoms with van der Waals surface area (Å²) in [4.78, 5) is 27.9. The van der Waals surface area contributed by atoms with Crippen molar-refractivity contribution in [1.29, 1.82) is 0 Å². The van der Waals surface area contributed by atoms with Crippen LogP contribution in [-0.2, 0) is 16.1 Å². The van der Waals surface area contributed by atoms with Crippen LogP contribution in [0.2, 0.25) is 10.0 Å². The Hall–Kier alpha value is -1.93. The molecule has 3 rings (SSSR count). The van der Waals surface area contributed by atoms with Gasteiger partial charge in [0.25, 0.3) is 11.5 Å². The zero-order valence-electron chi connectivity index (χ0n) is 14.2. The Labute approximate surface area is 164 Å². The van der Waals surface area contributed by atoms with Gasteiger partial charge in [-0.2, -0.15) is 0 Å². The average Bonchev–Trinajstić information content (AvgIpc) is 2.65. The standard InChI is InChI=1S/C18H17Cl2FN2O4/c19-15-6-13(21)2-1-11(15)9-26-10-14-8-23(3-4-27-14)18(25)12-5-16(20)17(24)22-7-12/h1-2,5-7,14H,3-4,8-10H2,(H,22,24). The topological polar surface area (TPSA) is 71.6 Å². The Bertz CT molecular complexity index is 890. The Balaban J connectivity index is 1.55. The zero-order chi connectivity index (χ0) is 19.4. The van der Waals surface area contributed by atoms with Crippen LogP contribution in [0.5, 0.6) is 0 Å². The molecule has 1 aromatic carbocycles. The van der Waals surface area contributed by atoms with Crippen LogP contribution in [0.1, 0.15) is 15.9 Å². The molecule has 0 radical (unpaired) electrons. The summed E-state index contributed by atoms with van der Waals surface area (Å²) in [6, 6.07) is 5.46. The first-order valence-electron chi connectivity index (χ1n) is 8.25. The summed E-state index contributed by atoms with van der Waals surface area (Å²) in [5.41, 5.74) is 0.532. The van der Waals surface area contributed by atoms with E-state index in [0.717, 1.165) is 0 Å². The summed E-state index contributed by atoms with van der Waals surface area (Å²) in [5, 5.41) is 0.261. The second kappa shape index (κ2) is 8.84. The molecule has 1 aromatic heterocycles. The molecule has 27 heavy (non-hydrogen) atoms. The van der Waals surface area contributed by atoms with E-state index in [-0.39, 0.29) is 30.2 Å². The lowest BCUT2D eigenvalue weighted by atomic mass is 10.2. The van der Waals surface area contributed by atoms with Gasteiger partial charge in [0.05, 0.1) is 31.5 Å². The third-order valence-electron chi connectivity index (χ3n) is 4.11. The molecule has 1 amide bonds. The van der Waals surface area contributed by atoms with Gasteiger partial charge in [-0.15, -0.1) is 0 Å². The van der Waals surface area contributed by atoms with E-state index >= 15 is 0 Å². The summed E-state index contributed by atoms with van der Waals surface area (Å²) >= 11 is 11.7. The number of amides is 1. The van der Waals surface area contributed by atoms with E-state index in [0.29, 0.717) is 35.8 Å². The Morgan fingerprint density at radius 3 is 2.89 bits per heavy atom. The monoisotopic (exact) mass is 414 g/mol. The van der Waals surface area contributed by atoms with E-state index in [1.54, 1.807) is 11.0 Å². The maximum absolute atomic E-state index is 13.1. The third kappa shape index (κ3) is 5.07. The summed E-state index contributed by atoms with van der Waals surface area (Å²) in [6.07, 6.45) is 1.04. The number of carbonyl (C=O) groups is 1. The SMILES string of the molecule is O=C(c1c[nH]c(=O)c(Cl)c1)N1CCOC(COCc2ccc(F)cc2Cl)C1. The van der Waals surface area contributed by atoms with Crippen molar-refractivity contribution < 1.29 is 18.7 Å². The number of rotatable bonds is 5. The first-order valence-corrected chi connectivity index (χ1v) is 9.00. The lowest BCUT2D eigenvalue weighted by molar-refractivity contribution is -0.0647. The van der Waals surface area contributed by atoms with Crippen molar-refractivity contribution in [3.63, 3.8) is 0 Å². The normalized spacial score (nSPS) is 17.1. The van der Waals surface area contributed by atoms with Crippen molar-refractivity contribution in [2.24, 2.45) is 0 Å². The quantitative estimate of drug-likeness (QED) is 0.816. The molecule has 1 fully saturated rings. The number of ether oxygens (including phenoxy) is 2. The minimum absolute atomic E-state index is 0.0369. The van der Waals surface area contributed by atoms with Crippen molar-refractivity contribution in [3.05, 3.63) is 67.8 Å². The molecule has 1 atom stereocenters. The number of nitrogens with zero attached hydrogens (tertiary/aromatic N) is 1. The maximum atomic E-state index is 13.1. The summed E-state index contributed by atoms with van der Waals surface area (Å²) in [7, 11) is 0. The molecule has 0 saturated carbocycles. The number of benzene rings is 1. The molecule has 1 unspecified atom stereocenters. The van der Waals surface area contributed by atoms with Gasteiger partial charge in [0.1, 0.15) is 10.8 Å². The van der Waals surface area contributed by atoms with Gasteiger partial charge in [0.15, 0.2) is 0 Å². The minimum atomic E-state index is -0.444. The van der Waals surface area contributed by atoms with Gasteiger partial charge in [0.2, 0.25) is 0 Å². The molecule has 1 aliphatic heterocycles. The number of nitrogens with one attached hydrogen (secondary N) is 1. The lowest BCUT2D eigenvalue weighted by Crippen LogP contribution is -2.47. The lowest BCUT2D eigenvalue weighted by Gasteiger charge is -2.32. The highest BCUT2D eigenvalue weighted by atomic mass is 35.5. The number of pyridine rings is 1. The van der Waals surface area contributed by atoms with E-state index in [1.807, 2.05) is 0 Å². The van der Waals surface area contributed by atoms with Crippen molar-refractivity contribution >= 4 is 29.1 Å². The Morgan fingerprint density at radius 1 is 1.33 bits per heavy atom. The number of halogens is 3. The number of hydrogen-bond donors (Lipinski definition) is 1. The fourth-order valence-electron chi connectivity index (χ4n) is 2.71. The van der Waals surface area contributed by atoms with Crippen molar-refractivity contribution in [1.82, 2.24) is 9.88 Å². The molecule has 1 saturated heterocycles. The van der Waals surface area contributed by atoms with Crippen LogP contribution in [0.15, 0.2) is 35.3 Å². The van der Waals surface area contributed by atoms with Gasteiger partial charge >= 0.3 is 0 Å². The zero-order valence-corrected chi connectivity index (χ0v) is 15.7. The van der Waals surface area contributed by atoms with Gasteiger partial charge in [-0.1, -0.05) is 29.3 Å². The highest BCUT2D eigenvalue weighted by Crippen LogP contribution is 2.19. The number of H-pyrrole nitrogens is 1. The first kappa shape index (κ1) is 19.8. The first-order chi connectivity index (χ1) is 12.9. The number of hydrogen-bond acceptors (Lipinski definition) is 4. The molecule has 0 aliphatic carbocycles. The fourth-order valence-corrected chi connectivity index (χ4v) is 3.10. The van der Waals surface area contributed by atoms with E-state index in [1.165, 1.54) is 24.4 Å². The average molecular weight is 415 g/mol. The van der Waals surface area contributed by atoms with E-state index < -0.39 is 11.4 Å². The van der Waals surface area contributed by atoms with Gasteiger partial charge in [0, 0.05) is 24.3 Å². The van der Waals surface area contributed by atoms with E-state index in [4.69, 9.17) is 32.7 Å². The van der Waals surface area contributed by atoms with Gasteiger partial charge < -0.3 is 19.4 Å². The third-order valence-corrected chi connectivity index (χ3v) is 4.74. The molecule has 1 aliphatic rings. The fraction of sp³-hybridized carbons (Fsp3) is 0.333. The second-order valence-corrected chi connectivity index (χ2v) is 6.87. The molecule has 2 heterocycles. The molecule has 1 N–H and O–H groups in total. The molecular formula is C18H17Cl2FN2O4. The largest absolute Gasteiger partial charge is 0.374 e. The summed E-state index contributed by atoms with van der Waals surface area (Å²) in [5.74, 6) is -0.654. The van der Waals surface area contributed by atoms with Gasteiger partial charge in [-0.3, -0.25) is 9.59 Å². The molecule has 0 bridgehead atoms. The Kier molecular flexibility index (Phi) is 6.49. The smallest absolute Gasteiger partial charge is 0.266 e. The van der Waals surface area contributed by atoms with Crippen LogP contribution in [0, 0.1) is 5.82 Å². The van der Waals surface area contributed by atoms with Gasteiger partial charge in [-0.05, 0) is 23.8 Å². The number of aromatic nitrogens is 1. The molecule has 144 valence electrons. The summed E-state index contributed by atoms with van der Waals surface area (Å²) in [6.45, 7) is 1.60. The number of morpholine rings is 1. The van der Waals surface area contributed by atoms with Crippen LogP contribution < -0.4 is 5.56 Å².